The summed E-state index contributed by atoms with van der Waals surface area (Å²) in [6, 6.07) is 10.3. The first-order valence-electron chi connectivity index (χ1n) is 11.6. The lowest BCUT2D eigenvalue weighted by atomic mass is 10.0. The van der Waals surface area contributed by atoms with Crippen LogP contribution in [0.2, 0.25) is 0 Å². The molecule has 1 aromatic rings. The van der Waals surface area contributed by atoms with Crippen LogP contribution in [-0.4, -0.2) is 90.8 Å². The van der Waals surface area contributed by atoms with Crippen LogP contribution in [0.5, 0.6) is 0 Å². The maximum Gasteiger partial charge on any atom is 0.0935 e. The number of morpholine rings is 2. The van der Waals surface area contributed by atoms with Gasteiger partial charge in [0.15, 0.2) is 0 Å². The summed E-state index contributed by atoms with van der Waals surface area (Å²) in [4.78, 5) is 4.81. The molecule has 6 nitrogen and oxygen atoms in total. The largest absolute Gasteiger partial charge is 0.394 e. The summed E-state index contributed by atoms with van der Waals surface area (Å²) in [5, 5.41) is 8.92. The monoisotopic (exact) mass is 436 g/mol. The number of hydrogen-bond donors (Lipinski definition) is 1. The van der Waals surface area contributed by atoms with E-state index in [0.717, 1.165) is 39.4 Å². The normalized spacial score (nSPS) is 23.8. The zero-order chi connectivity index (χ0) is 22.9. The SMILES string of the molecule is CC(C)(C)N1CCOC(CO)C1.CC(C)(C)N1CCOC(COCc2ccccc2)C1. The number of benzene rings is 1. The molecule has 3 rings (SSSR count). The van der Waals surface area contributed by atoms with Gasteiger partial charge in [-0.25, -0.2) is 0 Å². The van der Waals surface area contributed by atoms with Crippen molar-refractivity contribution < 1.29 is 19.3 Å². The quantitative estimate of drug-likeness (QED) is 0.765. The third-order valence-corrected chi connectivity index (χ3v) is 5.79. The summed E-state index contributed by atoms with van der Waals surface area (Å²) in [6.45, 7) is 20.1. The predicted molar refractivity (Wildman–Crippen MR) is 125 cm³/mol. The van der Waals surface area contributed by atoms with E-state index in [4.69, 9.17) is 19.3 Å². The molecule has 0 saturated carbocycles. The highest BCUT2D eigenvalue weighted by molar-refractivity contribution is 5.13. The van der Waals surface area contributed by atoms with Gasteiger partial charge in [0, 0.05) is 37.3 Å². The van der Waals surface area contributed by atoms with Crippen LogP contribution in [0, 0.1) is 0 Å². The summed E-state index contributed by atoms with van der Waals surface area (Å²) in [7, 11) is 0. The van der Waals surface area contributed by atoms with Crippen molar-refractivity contribution in [3.8, 4) is 0 Å². The molecule has 0 bridgehead atoms. The Balaban J connectivity index is 0.000000245. The van der Waals surface area contributed by atoms with Crippen LogP contribution in [0.15, 0.2) is 30.3 Å². The smallest absolute Gasteiger partial charge is 0.0935 e. The van der Waals surface area contributed by atoms with E-state index in [1.165, 1.54) is 5.56 Å². The Kier molecular flexibility index (Phi) is 10.4. The fourth-order valence-corrected chi connectivity index (χ4v) is 3.75. The summed E-state index contributed by atoms with van der Waals surface area (Å²) in [6.07, 6.45) is 0.203. The topological polar surface area (TPSA) is 54.4 Å². The predicted octanol–water partition coefficient (Wildman–Crippen LogP) is 3.18. The number of aliphatic hydroxyl groups is 1. The van der Waals surface area contributed by atoms with Crippen molar-refractivity contribution >= 4 is 0 Å². The van der Waals surface area contributed by atoms with Crippen LogP contribution >= 0.6 is 0 Å². The molecule has 1 N–H and O–H groups in total. The van der Waals surface area contributed by atoms with Crippen molar-refractivity contribution in [1.82, 2.24) is 9.80 Å². The fourth-order valence-electron chi connectivity index (χ4n) is 3.75. The lowest BCUT2D eigenvalue weighted by Crippen LogP contribution is -2.52. The van der Waals surface area contributed by atoms with E-state index in [-0.39, 0.29) is 29.9 Å². The second-order valence-electron chi connectivity index (χ2n) is 10.4. The van der Waals surface area contributed by atoms with Crippen LogP contribution in [0.1, 0.15) is 47.1 Å². The van der Waals surface area contributed by atoms with Crippen molar-refractivity contribution in [1.29, 1.82) is 0 Å². The second kappa shape index (κ2) is 12.3. The zero-order valence-electron chi connectivity index (χ0n) is 20.5. The number of rotatable bonds is 5. The van der Waals surface area contributed by atoms with Gasteiger partial charge < -0.3 is 19.3 Å². The van der Waals surface area contributed by atoms with Crippen LogP contribution in [0.4, 0.5) is 0 Å². The molecule has 2 saturated heterocycles. The van der Waals surface area contributed by atoms with Gasteiger partial charge in [0.05, 0.1) is 45.2 Å². The van der Waals surface area contributed by atoms with E-state index in [1.807, 2.05) is 18.2 Å². The molecule has 0 radical (unpaired) electrons. The Morgan fingerprint density at radius 2 is 1.39 bits per heavy atom. The van der Waals surface area contributed by atoms with Crippen LogP contribution in [0.3, 0.4) is 0 Å². The summed E-state index contributed by atoms with van der Waals surface area (Å²) >= 11 is 0. The average molecular weight is 437 g/mol. The van der Waals surface area contributed by atoms with Gasteiger partial charge in [0.25, 0.3) is 0 Å². The molecule has 1 aromatic carbocycles. The Hall–Kier alpha value is -1.02. The van der Waals surface area contributed by atoms with Gasteiger partial charge in [-0.15, -0.1) is 0 Å². The van der Waals surface area contributed by atoms with Gasteiger partial charge in [0.2, 0.25) is 0 Å². The van der Waals surface area contributed by atoms with Crippen LogP contribution in [-0.2, 0) is 20.8 Å². The van der Waals surface area contributed by atoms with Gasteiger partial charge in [0.1, 0.15) is 0 Å². The van der Waals surface area contributed by atoms with Crippen molar-refractivity contribution in [2.45, 2.75) is 71.4 Å². The molecular formula is C25H44N2O4. The molecule has 2 fully saturated rings. The van der Waals surface area contributed by atoms with Crippen molar-refractivity contribution in [2.24, 2.45) is 0 Å². The first-order valence-corrected chi connectivity index (χ1v) is 11.6. The highest BCUT2D eigenvalue weighted by Crippen LogP contribution is 2.18. The molecule has 2 heterocycles. The Labute approximate surface area is 189 Å². The number of aliphatic hydroxyl groups excluding tert-OH is 1. The molecule has 2 unspecified atom stereocenters. The highest BCUT2D eigenvalue weighted by Gasteiger charge is 2.29. The van der Waals surface area contributed by atoms with E-state index < -0.39 is 0 Å². The number of nitrogens with zero attached hydrogens (tertiary/aromatic N) is 2. The number of hydrogen-bond acceptors (Lipinski definition) is 6. The van der Waals surface area contributed by atoms with Crippen molar-refractivity contribution in [2.75, 3.05) is 52.6 Å². The molecule has 0 spiro atoms. The fraction of sp³-hybridized carbons (Fsp3) is 0.760. The Morgan fingerprint density at radius 3 is 1.90 bits per heavy atom. The van der Waals surface area contributed by atoms with E-state index in [9.17, 15) is 0 Å². The van der Waals surface area contributed by atoms with Crippen LogP contribution in [0.25, 0.3) is 0 Å². The molecule has 178 valence electrons. The molecule has 0 aliphatic carbocycles. The molecule has 2 aliphatic heterocycles. The third-order valence-electron chi connectivity index (χ3n) is 5.79. The van der Waals surface area contributed by atoms with Crippen molar-refractivity contribution in [3.63, 3.8) is 0 Å². The van der Waals surface area contributed by atoms with Gasteiger partial charge in [-0.05, 0) is 47.1 Å². The van der Waals surface area contributed by atoms with Gasteiger partial charge >= 0.3 is 0 Å². The van der Waals surface area contributed by atoms with E-state index in [0.29, 0.717) is 13.2 Å². The minimum absolute atomic E-state index is 0.0120. The zero-order valence-corrected chi connectivity index (χ0v) is 20.5. The molecule has 0 aromatic heterocycles. The van der Waals surface area contributed by atoms with Crippen LogP contribution < -0.4 is 0 Å². The van der Waals surface area contributed by atoms with E-state index >= 15 is 0 Å². The van der Waals surface area contributed by atoms with E-state index in [2.05, 4.69) is 63.5 Å². The van der Waals surface area contributed by atoms with Gasteiger partial charge in [-0.2, -0.15) is 0 Å². The van der Waals surface area contributed by atoms with Crippen molar-refractivity contribution in [3.05, 3.63) is 35.9 Å². The van der Waals surface area contributed by atoms with Gasteiger partial charge in [-0.3, -0.25) is 9.80 Å². The Bertz CT molecular complexity index is 612. The van der Waals surface area contributed by atoms with E-state index in [1.54, 1.807) is 0 Å². The van der Waals surface area contributed by atoms with Gasteiger partial charge in [-0.1, -0.05) is 30.3 Å². The Morgan fingerprint density at radius 1 is 0.871 bits per heavy atom. The maximum absolute atomic E-state index is 8.92. The first-order chi connectivity index (χ1) is 14.6. The molecule has 6 heteroatoms. The molecule has 31 heavy (non-hydrogen) atoms. The maximum atomic E-state index is 8.92. The first kappa shape index (κ1) is 26.2. The summed E-state index contributed by atoms with van der Waals surface area (Å²) < 4.78 is 16.9. The lowest BCUT2D eigenvalue weighted by molar-refractivity contribution is -0.0915. The lowest BCUT2D eigenvalue weighted by Gasteiger charge is -2.41. The third kappa shape index (κ3) is 9.56. The second-order valence-corrected chi connectivity index (χ2v) is 10.4. The number of ether oxygens (including phenoxy) is 3. The highest BCUT2D eigenvalue weighted by atomic mass is 16.5. The molecule has 2 atom stereocenters. The average Bonchev–Trinajstić information content (AvgIpc) is 2.74. The minimum Gasteiger partial charge on any atom is -0.394 e. The molecule has 0 amide bonds. The standard InChI is InChI=1S/C16H25NO2.C9H19NO2/c1-16(2,3)17-9-10-19-15(11-17)13-18-12-14-7-5-4-6-8-14;1-9(2,3)10-4-5-12-8(6-10)7-11/h4-8,15H,9-13H2,1-3H3;8,11H,4-7H2,1-3H3. The summed E-state index contributed by atoms with van der Waals surface area (Å²) in [5.41, 5.74) is 1.62. The summed E-state index contributed by atoms with van der Waals surface area (Å²) in [5.74, 6) is 0. The molecular weight excluding hydrogens is 392 g/mol. The minimum atomic E-state index is 0.0120. The molecule has 2 aliphatic rings.